The molecule has 0 saturated heterocycles. The molecule has 0 saturated carbocycles. The first kappa shape index (κ1) is 13.6. The molecule has 0 aliphatic heterocycles. The van der Waals surface area contributed by atoms with Crippen molar-refractivity contribution >= 4 is 17.5 Å². The Balaban J connectivity index is 1.95. The van der Waals surface area contributed by atoms with Crippen LogP contribution >= 0.6 is 11.6 Å². The molecule has 2 rings (SSSR count). The number of carbonyl (C=O) groups excluding carboxylic acids is 1. The number of nitrogens with two attached hydrogens (primary N) is 1. The molecule has 2 aromatic rings. The molecule has 1 amide bonds. The van der Waals surface area contributed by atoms with E-state index in [1.54, 1.807) is 19.1 Å². The lowest BCUT2D eigenvalue weighted by molar-refractivity contribution is 0.0946. The van der Waals surface area contributed by atoms with E-state index in [1.807, 2.05) is 12.1 Å². The summed E-state index contributed by atoms with van der Waals surface area (Å²) in [5.74, 6) is 0.0437. The summed E-state index contributed by atoms with van der Waals surface area (Å²) < 4.78 is 5.10. The monoisotopic (exact) mass is 279 g/mol. The van der Waals surface area contributed by atoms with Crippen LogP contribution in [0.2, 0.25) is 5.02 Å². The SMILES string of the molecule is CC(N)c1nc(C(=O)NCc2ccc(Cl)cc2)co1. The van der Waals surface area contributed by atoms with Crippen molar-refractivity contribution in [3.05, 3.63) is 52.7 Å². The van der Waals surface area contributed by atoms with Gasteiger partial charge in [-0.2, -0.15) is 0 Å². The second-order valence-corrected chi connectivity index (χ2v) is 4.61. The molecule has 1 heterocycles. The molecule has 1 atom stereocenters. The van der Waals surface area contributed by atoms with Crippen LogP contribution in [0.25, 0.3) is 0 Å². The molecule has 19 heavy (non-hydrogen) atoms. The molecule has 0 aliphatic carbocycles. The minimum absolute atomic E-state index is 0.223. The van der Waals surface area contributed by atoms with E-state index in [9.17, 15) is 4.79 Å². The van der Waals surface area contributed by atoms with Gasteiger partial charge in [-0.25, -0.2) is 4.98 Å². The minimum Gasteiger partial charge on any atom is -0.446 e. The van der Waals surface area contributed by atoms with Crippen molar-refractivity contribution in [1.82, 2.24) is 10.3 Å². The maximum atomic E-state index is 11.8. The summed E-state index contributed by atoms with van der Waals surface area (Å²) in [5.41, 5.74) is 6.78. The Hall–Kier alpha value is -1.85. The van der Waals surface area contributed by atoms with Crippen LogP contribution in [0.5, 0.6) is 0 Å². The van der Waals surface area contributed by atoms with Gasteiger partial charge in [-0.1, -0.05) is 23.7 Å². The number of rotatable bonds is 4. The molecule has 0 radical (unpaired) electrons. The first-order valence-corrected chi connectivity index (χ1v) is 6.17. The van der Waals surface area contributed by atoms with Gasteiger partial charge in [0.05, 0.1) is 6.04 Å². The second-order valence-electron chi connectivity index (χ2n) is 4.17. The van der Waals surface area contributed by atoms with Gasteiger partial charge in [0.1, 0.15) is 6.26 Å². The lowest BCUT2D eigenvalue weighted by atomic mass is 10.2. The molecule has 3 N–H and O–H groups in total. The normalized spacial score (nSPS) is 12.2. The van der Waals surface area contributed by atoms with E-state index in [4.69, 9.17) is 21.8 Å². The summed E-state index contributed by atoms with van der Waals surface area (Å²) in [6, 6.07) is 6.90. The lowest BCUT2D eigenvalue weighted by Gasteiger charge is -2.03. The highest BCUT2D eigenvalue weighted by Crippen LogP contribution is 2.11. The van der Waals surface area contributed by atoms with Crippen LogP contribution in [0.4, 0.5) is 0 Å². The van der Waals surface area contributed by atoms with Crippen LogP contribution in [-0.4, -0.2) is 10.9 Å². The largest absolute Gasteiger partial charge is 0.446 e. The van der Waals surface area contributed by atoms with Crippen molar-refractivity contribution in [3.8, 4) is 0 Å². The molecule has 1 aromatic carbocycles. The maximum Gasteiger partial charge on any atom is 0.273 e. The number of nitrogens with zero attached hydrogens (tertiary/aromatic N) is 1. The minimum atomic E-state index is -0.335. The number of oxazole rings is 1. The van der Waals surface area contributed by atoms with Gasteiger partial charge in [0.25, 0.3) is 5.91 Å². The fourth-order valence-corrected chi connectivity index (χ4v) is 1.60. The fraction of sp³-hybridized carbons (Fsp3) is 0.231. The van der Waals surface area contributed by atoms with Gasteiger partial charge >= 0.3 is 0 Å². The summed E-state index contributed by atoms with van der Waals surface area (Å²) in [7, 11) is 0. The highest BCUT2D eigenvalue weighted by molar-refractivity contribution is 6.30. The van der Waals surface area contributed by atoms with E-state index in [0.717, 1.165) is 5.56 Å². The van der Waals surface area contributed by atoms with Gasteiger partial charge in [-0.05, 0) is 24.6 Å². The predicted octanol–water partition coefficient (Wildman–Crippen LogP) is 2.28. The Morgan fingerprint density at radius 1 is 1.47 bits per heavy atom. The van der Waals surface area contributed by atoms with Gasteiger partial charge in [0.2, 0.25) is 5.89 Å². The average Bonchev–Trinajstić information content (AvgIpc) is 2.87. The van der Waals surface area contributed by atoms with Crippen LogP contribution < -0.4 is 11.1 Å². The van der Waals surface area contributed by atoms with Gasteiger partial charge in [0, 0.05) is 11.6 Å². The highest BCUT2D eigenvalue weighted by Gasteiger charge is 2.13. The zero-order chi connectivity index (χ0) is 13.8. The Bertz CT molecular complexity index is 564. The molecule has 0 spiro atoms. The number of halogens is 1. The number of carbonyl (C=O) groups is 1. The van der Waals surface area contributed by atoms with Gasteiger partial charge in [0.15, 0.2) is 5.69 Å². The van der Waals surface area contributed by atoms with Crippen molar-refractivity contribution in [3.63, 3.8) is 0 Å². The summed E-state index contributed by atoms with van der Waals surface area (Å²) in [6.07, 6.45) is 1.30. The lowest BCUT2D eigenvalue weighted by Crippen LogP contribution is -2.23. The second kappa shape index (κ2) is 5.86. The average molecular weight is 280 g/mol. The third-order valence-electron chi connectivity index (χ3n) is 2.51. The molecule has 0 bridgehead atoms. The number of hydrogen-bond acceptors (Lipinski definition) is 4. The van der Waals surface area contributed by atoms with Crippen LogP contribution in [0, 0.1) is 0 Å². The smallest absolute Gasteiger partial charge is 0.273 e. The zero-order valence-corrected chi connectivity index (χ0v) is 11.1. The molecule has 1 unspecified atom stereocenters. The van der Waals surface area contributed by atoms with E-state index in [2.05, 4.69) is 10.3 Å². The quantitative estimate of drug-likeness (QED) is 0.900. The molecule has 6 heteroatoms. The molecule has 1 aromatic heterocycles. The third kappa shape index (κ3) is 3.56. The van der Waals surface area contributed by atoms with Crippen LogP contribution in [0.3, 0.4) is 0 Å². The fourth-order valence-electron chi connectivity index (χ4n) is 1.48. The van der Waals surface area contributed by atoms with Gasteiger partial charge in [-0.3, -0.25) is 4.79 Å². The maximum absolute atomic E-state index is 11.8. The van der Waals surface area contributed by atoms with E-state index < -0.39 is 0 Å². The first-order chi connectivity index (χ1) is 9.06. The summed E-state index contributed by atoms with van der Waals surface area (Å²) in [4.78, 5) is 15.8. The molecule has 0 aliphatic rings. The topological polar surface area (TPSA) is 81.1 Å². The molecule has 5 nitrogen and oxygen atoms in total. The Morgan fingerprint density at radius 3 is 2.74 bits per heavy atom. The standard InChI is InChI=1S/C13H14ClN3O2/c1-8(15)13-17-11(7-19-13)12(18)16-6-9-2-4-10(14)5-3-9/h2-5,7-8H,6,15H2,1H3,(H,16,18). The molecule has 0 fully saturated rings. The van der Waals surface area contributed by atoms with E-state index in [-0.39, 0.29) is 17.6 Å². The number of benzene rings is 1. The zero-order valence-electron chi connectivity index (χ0n) is 10.4. The first-order valence-electron chi connectivity index (χ1n) is 5.80. The van der Waals surface area contributed by atoms with E-state index in [0.29, 0.717) is 17.5 Å². The Morgan fingerprint density at radius 2 is 2.16 bits per heavy atom. The Labute approximate surface area is 115 Å². The van der Waals surface area contributed by atoms with Crippen molar-refractivity contribution in [1.29, 1.82) is 0 Å². The summed E-state index contributed by atoms with van der Waals surface area (Å²) in [6.45, 7) is 2.14. The summed E-state index contributed by atoms with van der Waals surface area (Å²) in [5, 5.41) is 3.40. The van der Waals surface area contributed by atoms with E-state index in [1.165, 1.54) is 6.26 Å². The van der Waals surface area contributed by atoms with Gasteiger partial charge < -0.3 is 15.5 Å². The molecular formula is C13H14ClN3O2. The van der Waals surface area contributed by atoms with Crippen LogP contribution in [0.15, 0.2) is 34.9 Å². The van der Waals surface area contributed by atoms with Crippen LogP contribution in [0.1, 0.15) is 34.9 Å². The third-order valence-corrected chi connectivity index (χ3v) is 2.76. The highest BCUT2D eigenvalue weighted by atomic mass is 35.5. The van der Waals surface area contributed by atoms with Crippen molar-refractivity contribution in [2.45, 2.75) is 19.5 Å². The number of hydrogen-bond donors (Lipinski definition) is 2. The number of nitrogens with one attached hydrogen (secondary N) is 1. The van der Waals surface area contributed by atoms with E-state index >= 15 is 0 Å². The van der Waals surface area contributed by atoms with Crippen molar-refractivity contribution in [2.75, 3.05) is 0 Å². The van der Waals surface area contributed by atoms with Crippen molar-refractivity contribution < 1.29 is 9.21 Å². The van der Waals surface area contributed by atoms with Crippen LogP contribution in [-0.2, 0) is 6.54 Å². The number of amides is 1. The van der Waals surface area contributed by atoms with Crippen molar-refractivity contribution in [2.24, 2.45) is 5.73 Å². The number of aromatic nitrogens is 1. The summed E-state index contributed by atoms with van der Waals surface area (Å²) >= 11 is 5.78. The molecule has 100 valence electrons. The Kier molecular flexibility index (Phi) is 4.19. The predicted molar refractivity (Wildman–Crippen MR) is 71.7 cm³/mol. The van der Waals surface area contributed by atoms with Gasteiger partial charge in [-0.15, -0.1) is 0 Å². The molecular weight excluding hydrogens is 266 g/mol.